The number of aromatic nitrogens is 1. The fraction of sp³-hybridized carbons (Fsp3) is 0.231. The van der Waals surface area contributed by atoms with Gasteiger partial charge in [0.2, 0.25) is 0 Å². The zero-order chi connectivity index (χ0) is 12.4. The van der Waals surface area contributed by atoms with Crippen molar-refractivity contribution in [3.05, 3.63) is 35.5 Å². The molecule has 4 heteroatoms. The molecule has 1 aromatic heterocycles. The van der Waals surface area contributed by atoms with Crippen LogP contribution >= 0.6 is 0 Å². The van der Waals surface area contributed by atoms with Gasteiger partial charge in [-0.25, -0.2) is 9.78 Å². The first kappa shape index (κ1) is 11.4. The topological polar surface area (TPSA) is 48.4 Å². The van der Waals surface area contributed by atoms with Gasteiger partial charge in [0, 0.05) is 5.39 Å². The Bertz CT molecular complexity index is 578. The summed E-state index contributed by atoms with van der Waals surface area (Å²) in [6.07, 6.45) is 0. The number of nitrogens with zero attached hydrogens (tertiary/aromatic N) is 1. The van der Waals surface area contributed by atoms with Crippen molar-refractivity contribution in [2.24, 2.45) is 0 Å². The molecule has 0 aliphatic heterocycles. The minimum atomic E-state index is -0.433. The third-order valence-electron chi connectivity index (χ3n) is 2.61. The van der Waals surface area contributed by atoms with E-state index in [1.807, 2.05) is 25.1 Å². The molecular formula is C13H13NO3. The van der Waals surface area contributed by atoms with Crippen molar-refractivity contribution in [1.82, 2.24) is 4.98 Å². The number of fused-ring (bicyclic) bond motifs is 1. The number of carbonyl (C=O) groups is 1. The summed E-state index contributed by atoms with van der Waals surface area (Å²) in [4.78, 5) is 15.7. The van der Waals surface area contributed by atoms with Gasteiger partial charge in [-0.2, -0.15) is 0 Å². The Morgan fingerprint density at radius 1 is 1.29 bits per heavy atom. The maximum Gasteiger partial charge on any atom is 0.356 e. The molecule has 0 atom stereocenters. The van der Waals surface area contributed by atoms with E-state index in [2.05, 4.69) is 9.72 Å². The van der Waals surface area contributed by atoms with Crippen LogP contribution in [0.3, 0.4) is 0 Å². The second-order valence-corrected chi connectivity index (χ2v) is 3.67. The Hall–Kier alpha value is -2.10. The van der Waals surface area contributed by atoms with E-state index in [0.717, 1.165) is 22.2 Å². The molecule has 0 saturated heterocycles. The molecule has 0 spiro atoms. The molecule has 88 valence electrons. The summed E-state index contributed by atoms with van der Waals surface area (Å²) in [6.45, 7) is 1.92. The number of methoxy groups -OCH3 is 2. The van der Waals surface area contributed by atoms with E-state index < -0.39 is 5.97 Å². The van der Waals surface area contributed by atoms with Gasteiger partial charge in [0.25, 0.3) is 0 Å². The van der Waals surface area contributed by atoms with Crippen molar-refractivity contribution < 1.29 is 14.3 Å². The molecule has 2 rings (SSSR count). The van der Waals surface area contributed by atoms with Crippen LogP contribution in [0.25, 0.3) is 10.9 Å². The first-order chi connectivity index (χ1) is 8.17. The lowest BCUT2D eigenvalue weighted by molar-refractivity contribution is 0.0594. The molecule has 0 aliphatic rings. The standard InChI is InChI=1S/C13H13NO3/c1-8-7-10(13(15)17-3)14-9-5-4-6-11(16-2)12(8)9/h4-7H,1-3H3. The van der Waals surface area contributed by atoms with E-state index in [1.54, 1.807) is 13.2 Å². The average Bonchev–Trinajstić information content (AvgIpc) is 2.36. The number of aryl methyl sites for hydroxylation is 1. The van der Waals surface area contributed by atoms with Crippen molar-refractivity contribution in [3.8, 4) is 5.75 Å². The van der Waals surface area contributed by atoms with Gasteiger partial charge >= 0.3 is 5.97 Å². The summed E-state index contributed by atoms with van der Waals surface area (Å²) >= 11 is 0. The van der Waals surface area contributed by atoms with Crippen molar-refractivity contribution in [2.45, 2.75) is 6.92 Å². The zero-order valence-electron chi connectivity index (χ0n) is 9.98. The molecule has 1 heterocycles. The Balaban J connectivity index is 2.71. The fourth-order valence-electron chi connectivity index (χ4n) is 1.83. The first-order valence-corrected chi connectivity index (χ1v) is 5.20. The van der Waals surface area contributed by atoms with Crippen molar-refractivity contribution in [3.63, 3.8) is 0 Å². The van der Waals surface area contributed by atoms with Gasteiger partial charge in [-0.05, 0) is 30.7 Å². The molecule has 0 N–H and O–H groups in total. The van der Waals surface area contributed by atoms with Gasteiger partial charge in [-0.15, -0.1) is 0 Å². The normalized spacial score (nSPS) is 10.3. The molecule has 0 fully saturated rings. The number of ether oxygens (including phenoxy) is 2. The molecule has 4 nitrogen and oxygen atoms in total. The van der Waals surface area contributed by atoms with Crippen LogP contribution in [0, 0.1) is 6.92 Å². The summed E-state index contributed by atoms with van der Waals surface area (Å²) in [5.41, 5.74) is 1.98. The van der Waals surface area contributed by atoms with Gasteiger partial charge in [0.05, 0.1) is 19.7 Å². The number of esters is 1. The van der Waals surface area contributed by atoms with E-state index in [-0.39, 0.29) is 0 Å². The number of benzene rings is 1. The Morgan fingerprint density at radius 2 is 2.06 bits per heavy atom. The number of pyridine rings is 1. The maximum absolute atomic E-state index is 11.4. The quantitative estimate of drug-likeness (QED) is 0.744. The highest BCUT2D eigenvalue weighted by Crippen LogP contribution is 2.27. The molecule has 17 heavy (non-hydrogen) atoms. The van der Waals surface area contributed by atoms with Gasteiger partial charge in [-0.3, -0.25) is 0 Å². The van der Waals surface area contributed by atoms with Crippen molar-refractivity contribution in [1.29, 1.82) is 0 Å². The molecule has 0 bridgehead atoms. The highest BCUT2D eigenvalue weighted by atomic mass is 16.5. The van der Waals surface area contributed by atoms with E-state index in [9.17, 15) is 4.79 Å². The van der Waals surface area contributed by atoms with Crippen LogP contribution in [-0.2, 0) is 4.74 Å². The predicted molar refractivity (Wildman–Crippen MR) is 64.4 cm³/mol. The van der Waals surface area contributed by atoms with Gasteiger partial charge in [0.15, 0.2) is 0 Å². The van der Waals surface area contributed by atoms with Crippen molar-refractivity contribution >= 4 is 16.9 Å². The van der Waals surface area contributed by atoms with Gasteiger partial charge < -0.3 is 9.47 Å². The van der Waals surface area contributed by atoms with Crippen LogP contribution in [-0.4, -0.2) is 25.2 Å². The molecule has 0 aliphatic carbocycles. The Kier molecular flexibility index (Phi) is 2.95. The highest BCUT2D eigenvalue weighted by molar-refractivity contribution is 5.94. The Labute approximate surface area is 99.2 Å². The molecular weight excluding hydrogens is 218 g/mol. The molecule has 0 amide bonds. The smallest absolute Gasteiger partial charge is 0.356 e. The summed E-state index contributed by atoms with van der Waals surface area (Å²) in [5, 5.41) is 0.919. The molecule has 0 unspecified atom stereocenters. The summed E-state index contributed by atoms with van der Waals surface area (Å²) in [6, 6.07) is 7.26. The fourth-order valence-corrected chi connectivity index (χ4v) is 1.83. The number of carbonyl (C=O) groups excluding carboxylic acids is 1. The highest BCUT2D eigenvalue weighted by Gasteiger charge is 2.12. The average molecular weight is 231 g/mol. The van der Waals surface area contributed by atoms with E-state index >= 15 is 0 Å². The predicted octanol–water partition coefficient (Wildman–Crippen LogP) is 2.34. The lowest BCUT2D eigenvalue weighted by atomic mass is 10.1. The van der Waals surface area contributed by atoms with Crippen LogP contribution in [0.2, 0.25) is 0 Å². The number of hydrogen-bond acceptors (Lipinski definition) is 4. The number of hydrogen-bond donors (Lipinski definition) is 0. The summed E-state index contributed by atoms with van der Waals surface area (Å²) < 4.78 is 9.94. The van der Waals surface area contributed by atoms with Crippen LogP contribution in [0.5, 0.6) is 5.75 Å². The minimum absolute atomic E-state index is 0.311. The molecule has 0 saturated carbocycles. The summed E-state index contributed by atoms with van der Waals surface area (Å²) in [7, 11) is 2.96. The third-order valence-corrected chi connectivity index (χ3v) is 2.61. The zero-order valence-corrected chi connectivity index (χ0v) is 9.98. The largest absolute Gasteiger partial charge is 0.496 e. The lowest BCUT2D eigenvalue weighted by Crippen LogP contribution is -2.05. The van der Waals surface area contributed by atoms with Crippen LogP contribution in [0.15, 0.2) is 24.3 Å². The second kappa shape index (κ2) is 4.41. The minimum Gasteiger partial charge on any atom is -0.496 e. The SMILES string of the molecule is COC(=O)c1cc(C)c2c(OC)cccc2n1. The van der Waals surface area contributed by atoms with Crippen LogP contribution in [0.4, 0.5) is 0 Å². The lowest BCUT2D eigenvalue weighted by Gasteiger charge is -2.09. The summed E-state index contributed by atoms with van der Waals surface area (Å²) in [5.74, 6) is 0.321. The van der Waals surface area contributed by atoms with Gasteiger partial charge in [-0.1, -0.05) is 6.07 Å². The number of rotatable bonds is 2. The van der Waals surface area contributed by atoms with Crippen molar-refractivity contribution in [2.75, 3.05) is 14.2 Å². The molecule has 1 aromatic carbocycles. The molecule has 0 radical (unpaired) electrons. The second-order valence-electron chi connectivity index (χ2n) is 3.67. The monoisotopic (exact) mass is 231 g/mol. The van der Waals surface area contributed by atoms with Crippen LogP contribution < -0.4 is 4.74 Å². The van der Waals surface area contributed by atoms with E-state index in [1.165, 1.54) is 7.11 Å². The van der Waals surface area contributed by atoms with Gasteiger partial charge in [0.1, 0.15) is 11.4 Å². The molecule has 2 aromatic rings. The first-order valence-electron chi connectivity index (χ1n) is 5.20. The van der Waals surface area contributed by atoms with E-state index in [4.69, 9.17) is 4.74 Å². The maximum atomic E-state index is 11.4. The van der Waals surface area contributed by atoms with Crippen LogP contribution in [0.1, 0.15) is 16.1 Å². The Morgan fingerprint density at radius 3 is 2.71 bits per heavy atom. The third kappa shape index (κ3) is 1.93. The van der Waals surface area contributed by atoms with E-state index in [0.29, 0.717) is 5.69 Å².